The van der Waals surface area contributed by atoms with Crippen molar-refractivity contribution in [2.24, 2.45) is 5.92 Å². The van der Waals surface area contributed by atoms with Crippen LogP contribution >= 0.6 is 11.6 Å². The minimum absolute atomic E-state index is 0.0585. The monoisotopic (exact) mass is 334 g/mol. The topological polar surface area (TPSA) is 39.3 Å². The van der Waals surface area contributed by atoms with Crippen LogP contribution in [0.15, 0.2) is 18.2 Å². The molecule has 2 atom stereocenters. The van der Waals surface area contributed by atoms with Gasteiger partial charge in [0.05, 0.1) is 5.02 Å². The molecule has 4 heteroatoms. The highest BCUT2D eigenvalue weighted by atomic mass is 35.5. The number of aromatic amines is 1. The molecule has 0 fully saturated rings. The van der Waals surface area contributed by atoms with Gasteiger partial charge in [0.2, 0.25) is 0 Å². The van der Waals surface area contributed by atoms with E-state index in [9.17, 15) is 5.11 Å². The van der Waals surface area contributed by atoms with Crippen LogP contribution in [0.5, 0.6) is 0 Å². The number of halogens is 1. The Bertz CT molecular complexity index is 694. The van der Waals surface area contributed by atoms with Crippen molar-refractivity contribution in [3.63, 3.8) is 0 Å². The number of nitrogens with one attached hydrogen (secondary N) is 1. The molecule has 0 amide bonds. The highest BCUT2D eigenvalue weighted by Crippen LogP contribution is 2.47. The quantitative estimate of drug-likeness (QED) is 0.868. The molecule has 0 saturated heterocycles. The Kier molecular flexibility index (Phi) is 4.73. The Morgan fingerprint density at radius 3 is 2.87 bits per heavy atom. The summed E-state index contributed by atoms with van der Waals surface area (Å²) >= 11 is 6.49. The fraction of sp³-hybridized carbons (Fsp3) is 0.579. The van der Waals surface area contributed by atoms with E-state index in [0.29, 0.717) is 5.92 Å². The van der Waals surface area contributed by atoms with Gasteiger partial charge in [0.1, 0.15) is 0 Å². The molecule has 126 valence electrons. The second-order valence-corrected chi connectivity index (χ2v) is 7.79. The van der Waals surface area contributed by atoms with Crippen LogP contribution in [0, 0.1) is 5.92 Å². The number of hydrogen-bond donors (Lipinski definition) is 2. The maximum absolute atomic E-state index is 9.58. The predicted molar refractivity (Wildman–Crippen MR) is 97.3 cm³/mol. The van der Waals surface area contributed by atoms with Gasteiger partial charge in [0.25, 0.3) is 0 Å². The highest BCUT2D eigenvalue weighted by molar-refractivity contribution is 6.35. The average molecular weight is 335 g/mol. The summed E-state index contributed by atoms with van der Waals surface area (Å²) in [7, 11) is 4.22. The maximum atomic E-state index is 9.58. The molecular weight excluding hydrogens is 308 g/mol. The van der Waals surface area contributed by atoms with Crippen molar-refractivity contribution in [1.29, 1.82) is 0 Å². The standard InChI is InChI=1S/C19H27ClN2O/c1-19(13(9-11-23)12-22(2)3)10-5-6-14-17-15(20)7-4-8-16(17)21-18(14)19/h4,7-8,13,21,23H,5-6,9-12H2,1-3H3. The van der Waals surface area contributed by atoms with Gasteiger partial charge in [-0.05, 0) is 63.4 Å². The van der Waals surface area contributed by atoms with Crippen LogP contribution in [0.25, 0.3) is 10.9 Å². The molecule has 0 bridgehead atoms. The third kappa shape index (κ3) is 2.90. The second kappa shape index (κ2) is 6.46. The molecule has 0 aliphatic heterocycles. The molecule has 1 aromatic heterocycles. The number of H-pyrrole nitrogens is 1. The highest BCUT2D eigenvalue weighted by Gasteiger charge is 2.41. The van der Waals surface area contributed by atoms with Crippen LogP contribution in [0.4, 0.5) is 0 Å². The minimum atomic E-state index is 0.0585. The van der Waals surface area contributed by atoms with Crippen LogP contribution in [0.3, 0.4) is 0 Å². The number of rotatable bonds is 5. The first-order chi connectivity index (χ1) is 11.0. The van der Waals surface area contributed by atoms with E-state index in [4.69, 9.17) is 11.6 Å². The first-order valence-corrected chi connectivity index (χ1v) is 8.90. The second-order valence-electron chi connectivity index (χ2n) is 7.38. The van der Waals surface area contributed by atoms with Crippen molar-refractivity contribution in [3.8, 4) is 0 Å². The molecule has 3 rings (SSSR count). The van der Waals surface area contributed by atoms with Gasteiger partial charge in [0.15, 0.2) is 0 Å². The molecule has 23 heavy (non-hydrogen) atoms. The van der Waals surface area contributed by atoms with Crippen LogP contribution in [-0.4, -0.2) is 42.2 Å². The zero-order valence-electron chi connectivity index (χ0n) is 14.3. The molecular formula is C19H27ClN2O. The van der Waals surface area contributed by atoms with Gasteiger partial charge in [-0.15, -0.1) is 0 Å². The Morgan fingerprint density at radius 1 is 1.39 bits per heavy atom. The number of aliphatic hydroxyl groups is 1. The van der Waals surface area contributed by atoms with E-state index >= 15 is 0 Å². The SMILES string of the molecule is CN(C)CC(CCO)C1(C)CCCc2c1[nH]c1cccc(Cl)c21. The van der Waals surface area contributed by atoms with Crippen molar-refractivity contribution in [3.05, 3.63) is 34.5 Å². The number of nitrogens with zero attached hydrogens (tertiary/aromatic N) is 1. The fourth-order valence-corrected chi connectivity index (χ4v) is 4.67. The van der Waals surface area contributed by atoms with Crippen LogP contribution in [-0.2, 0) is 11.8 Å². The zero-order chi connectivity index (χ0) is 16.6. The average Bonchev–Trinajstić information content (AvgIpc) is 2.88. The van der Waals surface area contributed by atoms with Gasteiger partial charge in [-0.1, -0.05) is 24.6 Å². The Labute approximate surface area is 143 Å². The van der Waals surface area contributed by atoms with Gasteiger partial charge < -0.3 is 15.0 Å². The summed E-state index contributed by atoms with van der Waals surface area (Å²) in [4.78, 5) is 5.91. The lowest BCUT2D eigenvalue weighted by atomic mass is 9.65. The third-order valence-corrected chi connectivity index (χ3v) is 5.85. The Hall–Kier alpha value is -1.03. The van der Waals surface area contributed by atoms with Gasteiger partial charge >= 0.3 is 0 Å². The number of aliphatic hydroxyl groups excluding tert-OH is 1. The Morgan fingerprint density at radius 2 is 2.17 bits per heavy atom. The van der Waals surface area contributed by atoms with Crippen molar-refractivity contribution < 1.29 is 5.11 Å². The number of hydrogen-bond acceptors (Lipinski definition) is 2. The lowest BCUT2D eigenvalue weighted by Gasteiger charge is -2.42. The summed E-state index contributed by atoms with van der Waals surface area (Å²) < 4.78 is 0. The van der Waals surface area contributed by atoms with E-state index in [-0.39, 0.29) is 12.0 Å². The van der Waals surface area contributed by atoms with Crippen molar-refractivity contribution in [1.82, 2.24) is 9.88 Å². The van der Waals surface area contributed by atoms with Gasteiger partial charge in [-0.3, -0.25) is 0 Å². The lowest BCUT2D eigenvalue weighted by molar-refractivity contribution is 0.150. The number of aromatic nitrogens is 1. The molecule has 0 saturated carbocycles. The molecule has 2 unspecified atom stereocenters. The summed E-state index contributed by atoms with van der Waals surface area (Å²) in [5.74, 6) is 0.424. The van der Waals surface area contributed by atoms with E-state index in [1.54, 1.807) is 0 Å². The minimum Gasteiger partial charge on any atom is -0.396 e. The summed E-state index contributed by atoms with van der Waals surface area (Å²) in [6, 6.07) is 6.11. The molecule has 1 aliphatic rings. The van der Waals surface area contributed by atoms with E-state index in [0.717, 1.165) is 36.3 Å². The van der Waals surface area contributed by atoms with Crippen LogP contribution in [0.2, 0.25) is 5.02 Å². The molecule has 3 nitrogen and oxygen atoms in total. The summed E-state index contributed by atoms with van der Waals surface area (Å²) in [6.07, 6.45) is 4.25. The molecule has 0 spiro atoms. The predicted octanol–water partition coefficient (Wildman–Crippen LogP) is 3.98. The first-order valence-electron chi connectivity index (χ1n) is 8.52. The normalized spacial score (nSPS) is 22.5. The van der Waals surface area contributed by atoms with Crippen molar-refractivity contribution in [2.75, 3.05) is 27.2 Å². The van der Waals surface area contributed by atoms with Gasteiger partial charge in [-0.25, -0.2) is 0 Å². The summed E-state index contributed by atoms with van der Waals surface area (Å²) in [5, 5.41) is 11.6. The first kappa shape index (κ1) is 16.8. The molecule has 1 aliphatic carbocycles. The molecule has 1 aromatic carbocycles. The van der Waals surface area contributed by atoms with Crippen molar-refractivity contribution in [2.45, 2.75) is 38.0 Å². The van der Waals surface area contributed by atoms with Crippen molar-refractivity contribution >= 4 is 22.5 Å². The van der Waals surface area contributed by atoms with Gasteiger partial charge in [-0.2, -0.15) is 0 Å². The maximum Gasteiger partial charge on any atom is 0.0502 e. The Balaban J connectivity index is 2.12. The third-order valence-electron chi connectivity index (χ3n) is 5.53. The fourth-order valence-electron chi connectivity index (χ4n) is 4.38. The van der Waals surface area contributed by atoms with E-state index < -0.39 is 0 Å². The number of aryl methyl sites for hydroxylation is 1. The largest absolute Gasteiger partial charge is 0.396 e. The van der Waals surface area contributed by atoms with E-state index in [2.05, 4.69) is 37.0 Å². The lowest BCUT2D eigenvalue weighted by Crippen LogP contribution is -2.41. The molecule has 2 aromatic rings. The van der Waals surface area contributed by atoms with E-state index in [1.165, 1.54) is 23.1 Å². The molecule has 2 N–H and O–H groups in total. The van der Waals surface area contributed by atoms with E-state index in [1.807, 2.05) is 12.1 Å². The molecule has 0 radical (unpaired) electrons. The number of benzene rings is 1. The summed E-state index contributed by atoms with van der Waals surface area (Å²) in [5.41, 5.74) is 3.93. The zero-order valence-corrected chi connectivity index (χ0v) is 15.1. The van der Waals surface area contributed by atoms with Crippen LogP contribution < -0.4 is 0 Å². The smallest absolute Gasteiger partial charge is 0.0502 e. The van der Waals surface area contributed by atoms with Gasteiger partial charge in [0, 0.05) is 35.2 Å². The summed E-state index contributed by atoms with van der Waals surface area (Å²) in [6.45, 7) is 3.59. The molecule has 1 heterocycles. The van der Waals surface area contributed by atoms with Crippen LogP contribution in [0.1, 0.15) is 37.4 Å². The number of fused-ring (bicyclic) bond motifs is 3.